The Morgan fingerprint density at radius 3 is 2.48 bits per heavy atom. The van der Waals surface area contributed by atoms with Gasteiger partial charge in [0, 0.05) is 56.4 Å². The van der Waals surface area contributed by atoms with Crippen LogP contribution in [0.5, 0.6) is 0 Å². The van der Waals surface area contributed by atoms with E-state index >= 15 is 0 Å². The molecule has 29 heavy (non-hydrogen) atoms. The van der Waals surface area contributed by atoms with E-state index in [0.29, 0.717) is 31.0 Å². The molecule has 1 atom stereocenters. The van der Waals surface area contributed by atoms with Crippen LogP contribution in [-0.4, -0.2) is 51.0 Å². The first-order valence-electron chi connectivity index (χ1n) is 9.01. The smallest absolute Gasteiger partial charge is 0.326 e. The highest BCUT2D eigenvalue weighted by Gasteiger charge is 2.33. The Labute approximate surface area is 164 Å². The van der Waals surface area contributed by atoms with E-state index in [1.807, 2.05) is 0 Å². The van der Waals surface area contributed by atoms with Crippen molar-refractivity contribution in [1.29, 1.82) is 0 Å². The van der Waals surface area contributed by atoms with Crippen LogP contribution in [0, 0.1) is 0 Å². The quantitative estimate of drug-likeness (QED) is 0.785. The number of nitrogens with two attached hydrogens (primary N) is 1. The zero-order valence-corrected chi connectivity index (χ0v) is 15.8. The molecule has 0 bridgehead atoms. The van der Waals surface area contributed by atoms with Gasteiger partial charge in [-0.15, -0.1) is 0 Å². The number of piperazine rings is 1. The lowest BCUT2D eigenvalue weighted by molar-refractivity contribution is -0.138. The van der Waals surface area contributed by atoms with Crippen molar-refractivity contribution in [3.8, 4) is 0 Å². The van der Waals surface area contributed by atoms with Crippen molar-refractivity contribution < 1.29 is 18.0 Å². The highest BCUT2D eigenvalue weighted by molar-refractivity contribution is 5.93. The van der Waals surface area contributed by atoms with Crippen molar-refractivity contribution >= 4 is 11.9 Å². The van der Waals surface area contributed by atoms with Crippen LogP contribution in [0.2, 0.25) is 0 Å². The van der Waals surface area contributed by atoms with Crippen LogP contribution < -0.4 is 16.2 Å². The average molecular weight is 410 g/mol. The summed E-state index contributed by atoms with van der Waals surface area (Å²) >= 11 is 0. The first kappa shape index (κ1) is 20.9. The van der Waals surface area contributed by atoms with Crippen LogP contribution in [0.25, 0.3) is 0 Å². The highest BCUT2D eigenvalue weighted by Crippen LogP contribution is 2.28. The average Bonchev–Trinajstić information content (AvgIpc) is 2.64. The normalized spacial score (nSPS) is 16.9. The summed E-state index contributed by atoms with van der Waals surface area (Å²) in [4.78, 5) is 35.4. The number of pyridine rings is 1. The van der Waals surface area contributed by atoms with Crippen molar-refractivity contribution in [2.45, 2.75) is 32.2 Å². The van der Waals surface area contributed by atoms with Crippen LogP contribution >= 0.6 is 0 Å². The Morgan fingerprint density at radius 1 is 1.21 bits per heavy atom. The topological polar surface area (TPSA) is 97.3 Å². The monoisotopic (exact) mass is 410 g/mol. The minimum absolute atomic E-state index is 0.00596. The fourth-order valence-corrected chi connectivity index (χ4v) is 3.08. The zero-order chi connectivity index (χ0) is 21.2. The SMILES string of the molecule is CC(N)Cn1cccc(CN2CCN(c3ncc(C(F)(F)F)cn3)C(=O)C2)c1=O. The van der Waals surface area contributed by atoms with Crippen LogP contribution in [0.3, 0.4) is 0 Å². The number of nitrogens with zero attached hydrogens (tertiary/aromatic N) is 5. The number of carbonyl (C=O) groups is 1. The third-order valence-corrected chi connectivity index (χ3v) is 4.48. The van der Waals surface area contributed by atoms with Gasteiger partial charge in [0.25, 0.3) is 5.56 Å². The number of halogens is 3. The van der Waals surface area contributed by atoms with Crippen LogP contribution in [0.15, 0.2) is 35.5 Å². The van der Waals surface area contributed by atoms with E-state index in [9.17, 15) is 22.8 Å². The van der Waals surface area contributed by atoms with Gasteiger partial charge >= 0.3 is 6.18 Å². The van der Waals surface area contributed by atoms with Gasteiger partial charge in [0.2, 0.25) is 11.9 Å². The van der Waals surface area contributed by atoms with Crippen LogP contribution in [0.4, 0.5) is 19.1 Å². The molecule has 1 fully saturated rings. The summed E-state index contributed by atoms with van der Waals surface area (Å²) in [6, 6.07) is 3.29. The Bertz CT molecular complexity index is 926. The summed E-state index contributed by atoms with van der Waals surface area (Å²) in [5, 5.41) is 0. The fourth-order valence-electron chi connectivity index (χ4n) is 3.08. The van der Waals surface area contributed by atoms with Gasteiger partial charge in [-0.25, -0.2) is 9.97 Å². The molecule has 8 nitrogen and oxygen atoms in total. The molecule has 0 aliphatic carbocycles. The number of aromatic nitrogens is 3. The number of hydrogen-bond acceptors (Lipinski definition) is 6. The fraction of sp³-hybridized carbons (Fsp3) is 0.444. The molecule has 1 aliphatic heterocycles. The maximum atomic E-state index is 12.6. The van der Waals surface area contributed by atoms with Crippen molar-refractivity contribution in [2.75, 3.05) is 24.5 Å². The number of rotatable bonds is 5. The number of hydrogen-bond donors (Lipinski definition) is 1. The van der Waals surface area contributed by atoms with Gasteiger partial charge in [0.15, 0.2) is 0 Å². The van der Waals surface area contributed by atoms with E-state index in [2.05, 4.69) is 9.97 Å². The second-order valence-corrected chi connectivity index (χ2v) is 6.99. The lowest BCUT2D eigenvalue weighted by Crippen LogP contribution is -2.51. The molecule has 1 saturated heterocycles. The Morgan fingerprint density at radius 2 is 1.90 bits per heavy atom. The lowest BCUT2D eigenvalue weighted by Gasteiger charge is -2.32. The van der Waals surface area contributed by atoms with Gasteiger partial charge in [0.1, 0.15) is 0 Å². The number of alkyl halides is 3. The number of amides is 1. The maximum Gasteiger partial charge on any atom is 0.419 e. The van der Waals surface area contributed by atoms with Gasteiger partial charge in [-0.3, -0.25) is 19.4 Å². The summed E-state index contributed by atoms with van der Waals surface area (Å²) in [6.07, 6.45) is -1.55. The summed E-state index contributed by atoms with van der Waals surface area (Å²) in [5.41, 5.74) is 5.16. The van der Waals surface area contributed by atoms with E-state index in [4.69, 9.17) is 5.73 Å². The third-order valence-electron chi connectivity index (χ3n) is 4.48. The van der Waals surface area contributed by atoms with Crippen molar-refractivity contribution in [1.82, 2.24) is 19.4 Å². The Kier molecular flexibility index (Phi) is 5.99. The van der Waals surface area contributed by atoms with Gasteiger partial charge in [0.05, 0.1) is 12.1 Å². The molecule has 0 radical (unpaired) electrons. The van der Waals surface area contributed by atoms with Gasteiger partial charge in [-0.2, -0.15) is 13.2 Å². The molecule has 1 amide bonds. The van der Waals surface area contributed by atoms with E-state index < -0.39 is 11.7 Å². The van der Waals surface area contributed by atoms with E-state index in [0.717, 1.165) is 0 Å². The molecule has 0 spiro atoms. The highest BCUT2D eigenvalue weighted by atomic mass is 19.4. The predicted octanol–water partition coefficient (Wildman–Crippen LogP) is 0.853. The van der Waals surface area contributed by atoms with Gasteiger partial charge in [-0.05, 0) is 13.0 Å². The molecule has 1 unspecified atom stereocenters. The van der Waals surface area contributed by atoms with Crippen LogP contribution in [-0.2, 0) is 24.1 Å². The third kappa shape index (κ3) is 4.98. The second kappa shape index (κ2) is 8.29. The van der Waals surface area contributed by atoms with E-state index in [-0.39, 0.29) is 43.1 Å². The first-order chi connectivity index (χ1) is 13.6. The molecule has 0 saturated carbocycles. The predicted molar refractivity (Wildman–Crippen MR) is 99.0 cm³/mol. The largest absolute Gasteiger partial charge is 0.419 e. The summed E-state index contributed by atoms with van der Waals surface area (Å²) < 4.78 is 39.4. The maximum absolute atomic E-state index is 12.6. The summed E-state index contributed by atoms with van der Waals surface area (Å²) in [5.74, 6) is -0.413. The number of carbonyl (C=O) groups excluding carboxylic acids is 1. The van der Waals surface area contributed by atoms with Gasteiger partial charge in [-0.1, -0.05) is 6.07 Å². The Hall–Kier alpha value is -2.79. The minimum Gasteiger partial charge on any atom is -0.326 e. The minimum atomic E-state index is -4.54. The molecule has 3 heterocycles. The summed E-state index contributed by atoms with van der Waals surface area (Å²) in [7, 11) is 0. The molecule has 2 N–H and O–H groups in total. The molecule has 2 aromatic heterocycles. The molecule has 11 heteroatoms. The number of anilines is 1. The van der Waals surface area contributed by atoms with Crippen molar-refractivity contribution in [2.24, 2.45) is 5.73 Å². The van der Waals surface area contributed by atoms with E-state index in [1.165, 1.54) is 9.47 Å². The lowest BCUT2D eigenvalue weighted by atomic mass is 10.2. The zero-order valence-electron chi connectivity index (χ0n) is 15.8. The molecule has 2 aromatic rings. The molecular weight excluding hydrogens is 389 g/mol. The van der Waals surface area contributed by atoms with E-state index in [1.54, 1.807) is 30.2 Å². The molecule has 0 aromatic carbocycles. The van der Waals surface area contributed by atoms with Gasteiger partial charge < -0.3 is 10.3 Å². The molecule has 1 aliphatic rings. The first-order valence-corrected chi connectivity index (χ1v) is 9.01. The Balaban J connectivity index is 1.66. The molecule has 3 rings (SSSR count). The van der Waals surface area contributed by atoms with Crippen molar-refractivity contribution in [3.05, 3.63) is 52.2 Å². The standard InChI is InChI=1S/C18H21F3N6O2/c1-12(22)9-26-4-2-3-13(16(26)29)10-25-5-6-27(15(28)11-25)17-23-7-14(8-24-17)18(19,20)21/h2-4,7-8,12H,5-6,9-11,22H2,1H3. The molecular formula is C18H21F3N6O2. The second-order valence-electron chi connectivity index (χ2n) is 6.99. The van der Waals surface area contributed by atoms with Crippen molar-refractivity contribution in [3.63, 3.8) is 0 Å². The summed E-state index contributed by atoms with van der Waals surface area (Å²) in [6.45, 7) is 3.13. The molecule has 156 valence electrons. The van der Waals surface area contributed by atoms with Crippen LogP contribution in [0.1, 0.15) is 18.1 Å².